The SMILES string of the molecule is CN(C)Cc1ccc(NC(=O)C(C)(C)NC(=O)c2ccc3c(C4CCCCC4)c4n(c3c2)CCOc2ccccc2-4)cc1. The fourth-order valence-corrected chi connectivity index (χ4v) is 6.64. The van der Waals surface area contributed by atoms with Crippen molar-refractivity contribution in [2.75, 3.05) is 26.0 Å². The molecule has 6 rings (SSSR count). The molecule has 0 radical (unpaired) electrons. The second-order valence-corrected chi connectivity index (χ2v) is 12.8. The Morgan fingerprint density at radius 1 is 0.977 bits per heavy atom. The van der Waals surface area contributed by atoms with Gasteiger partial charge >= 0.3 is 0 Å². The molecule has 1 aliphatic heterocycles. The van der Waals surface area contributed by atoms with Crippen molar-refractivity contribution < 1.29 is 14.3 Å². The molecule has 224 valence electrons. The largest absolute Gasteiger partial charge is 0.491 e. The summed E-state index contributed by atoms with van der Waals surface area (Å²) in [5, 5.41) is 7.16. The predicted molar refractivity (Wildman–Crippen MR) is 173 cm³/mol. The molecular weight excluding hydrogens is 536 g/mol. The molecule has 1 aromatic heterocycles. The molecule has 4 aromatic rings. The third kappa shape index (κ3) is 5.91. The van der Waals surface area contributed by atoms with E-state index in [-0.39, 0.29) is 11.8 Å². The molecule has 0 saturated heterocycles. The van der Waals surface area contributed by atoms with Gasteiger partial charge in [-0.05, 0) is 94.2 Å². The number of para-hydroxylation sites is 1. The van der Waals surface area contributed by atoms with E-state index in [1.807, 2.05) is 56.6 Å². The zero-order chi connectivity index (χ0) is 30.1. The summed E-state index contributed by atoms with van der Waals surface area (Å²) in [5.74, 6) is 0.854. The number of benzene rings is 3. The zero-order valence-corrected chi connectivity index (χ0v) is 25.7. The summed E-state index contributed by atoms with van der Waals surface area (Å²) in [6.45, 7) is 5.57. The highest BCUT2D eigenvalue weighted by molar-refractivity contribution is 6.05. The van der Waals surface area contributed by atoms with E-state index in [4.69, 9.17) is 4.74 Å². The third-order valence-corrected chi connectivity index (χ3v) is 8.80. The molecule has 7 heteroatoms. The van der Waals surface area contributed by atoms with Crippen LogP contribution < -0.4 is 15.4 Å². The van der Waals surface area contributed by atoms with E-state index in [9.17, 15) is 9.59 Å². The number of hydrogen-bond acceptors (Lipinski definition) is 4. The molecule has 2 heterocycles. The fourth-order valence-electron chi connectivity index (χ4n) is 6.64. The smallest absolute Gasteiger partial charge is 0.252 e. The number of ether oxygens (including phenoxy) is 1. The quantitative estimate of drug-likeness (QED) is 0.249. The molecule has 3 aromatic carbocycles. The summed E-state index contributed by atoms with van der Waals surface area (Å²) in [6, 6.07) is 22.1. The summed E-state index contributed by atoms with van der Waals surface area (Å²) in [6.07, 6.45) is 6.14. The van der Waals surface area contributed by atoms with Crippen LogP contribution in [-0.4, -0.2) is 47.5 Å². The standard InChI is InChI=1S/C36H42N4O3/c1-36(2,35(42)37-27-17-14-24(15-18-27)23-39(3)4)38-34(41)26-16-19-28-30(22-26)40-20-21-43-31-13-9-8-12-29(31)33(40)32(28)25-10-6-5-7-11-25/h8-9,12-19,22,25H,5-7,10-11,20-21,23H2,1-4H3,(H,37,42)(H,38,41). The van der Waals surface area contributed by atoms with E-state index in [0.717, 1.165) is 28.9 Å². The van der Waals surface area contributed by atoms with E-state index in [1.165, 1.54) is 48.7 Å². The maximum Gasteiger partial charge on any atom is 0.252 e. The highest BCUT2D eigenvalue weighted by atomic mass is 16.5. The van der Waals surface area contributed by atoms with Gasteiger partial charge in [-0.15, -0.1) is 0 Å². The lowest BCUT2D eigenvalue weighted by Gasteiger charge is -2.25. The normalized spacial score (nSPS) is 15.4. The number of fused-ring (bicyclic) bond motifs is 5. The van der Waals surface area contributed by atoms with Crippen molar-refractivity contribution in [3.05, 3.63) is 83.4 Å². The number of carbonyl (C=O) groups is 2. The van der Waals surface area contributed by atoms with Crippen LogP contribution in [0.5, 0.6) is 5.75 Å². The van der Waals surface area contributed by atoms with Gasteiger partial charge < -0.3 is 24.8 Å². The molecule has 2 aliphatic rings. The van der Waals surface area contributed by atoms with Gasteiger partial charge in [-0.2, -0.15) is 0 Å². The second kappa shape index (κ2) is 11.9. The van der Waals surface area contributed by atoms with Crippen LogP contribution >= 0.6 is 0 Å². The van der Waals surface area contributed by atoms with Crippen LogP contribution in [0.4, 0.5) is 5.69 Å². The van der Waals surface area contributed by atoms with Crippen molar-refractivity contribution in [3.8, 4) is 17.0 Å². The summed E-state index contributed by atoms with van der Waals surface area (Å²) in [7, 11) is 4.04. The number of nitrogens with zero attached hydrogens (tertiary/aromatic N) is 2. The lowest BCUT2D eigenvalue weighted by atomic mass is 9.81. The first-order chi connectivity index (χ1) is 20.7. The molecule has 0 atom stereocenters. The molecule has 0 unspecified atom stereocenters. The monoisotopic (exact) mass is 578 g/mol. The number of hydrogen-bond donors (Lipinski definition) is 2. The van der Waals surface area contributed by atoms with Crippen molar-refractivity contribution >= 4 is 28.4 Å². The molecule has 1 aliphatic carbocycles. The first-order valence-electron chi connectivity index (χ1n) is 15.5. The Balaban J connectivity index is 1.29. The molecule has 7 nitrogen and oxygen atoms in total. The molecule has 43 heavy (non-hydrogen) atoms. The van der Waals surface area contributed by atoms with E-state index < -0.39 is 5.54 Å². The average molecular weight is 579 g/mol. The molecule has 0 bridgehead atoms. The lowest BCUT2D eigenvalue weighted by Crippen LogP contribution is -2.52. The van der Waals surface area contributed by atoms with E-state index in [2.05, 4.69) is 44.4 Å². The number of rotatable bonds is 7. The van der Waals surface area contributed by atoms with Crippen molar-refractivity contribution in [3.63, 3.8) is 0 Å². The maximum absolute atomic E-state index is 13.6. The molecule has 1 fully saturated rings. The topological polar surface area (TPSA) is 75.6 Å². The number of carbonyl (C=O) groups excluding carboxylic acids is 2. The van der Waals surface area contributed by atoms with Gasteiger partial charge in [0.15, 0.2) is 0 Å². The first kappa shape index (κ1) is 29.0. The van der Waals surface area contributed by atoms with Gasteiger partial charge in [0.2, 0.25) is 5.91 Å². The van der Waals surface area contributed by atoms with Crippen molar-refractivity contribution in [1.29, 1.82) is 0 Å². The van der Waals surface area contributed by atoms with Gasteiger partial charge in [-0.3, -0.25) is 9.59 Å². The second-order valence-electron chi connectivity index (χ2n) is 12.8. The molecule has 1 saturated carbocycles. The van der Waals surface area contributed by atoms with Crippen LogP contribution in [0.25, 0.3) is 22.2 Å². The summed E-state index contributed by atoms with van der Waals surface area (Å²) < 4.78 is 8.52. The molecule has 2 amide bonds. The van der Waals surface area contributed by atoms with Gasteiger partial charge in [0.25, 0.3) is 5.91 Å². The van der Waals surface area contributed by atoms with Crippen molar-refractivity contribution in [2.45, 2.75) is 70.5 Å². The Morgan fingerprint density at radius 3 is 2.47 bits per heavy atom. The number of amides is 2. The van der Waals surface area contributed by atoms with E-state index in [0.29, 0.717) is 30.3 Å². The predicted octanol–water partition coefficient (Wildman–Crippen LogP) is 6.96. The Hall–Kier alpha value is -4.10. The maximum atomic E-state index is 13.6. The highest BCUT2D eigenvalue weighted by Crippen LogP contribution is 2.47. The molecule has 2 N–H and O–H groups in total. The van der Waals surface area contributed by atoms with Gasteiger partial charge in [0.05, 0.1) is 12.2 Å². The first-order valence-corrected chi connectivity index (χ1v) is 15.5. The lowest BCUT2D eigenvalue weighted by molar-refractivity contribution is -0.120. The minimum atomic E-state index is -1.12. The number of nitrogens with one attached hydrogen (secondary N) is 2. The molecule has 0 spiro atoms. The Bertz CT molecular complexity index is 1650. The Labute approximate surface area is 254 Å². The van der Waals surface area contributed by atoms with Gasteiger partial charge in [0, 0.05) is 34.3 Å². The van der Waals surface area contributed by atoms with E-state index >= 15 is 0 Å². The average Bonchev–Trinajstić information content (AvgIpc) is 3.19. The summed E-state index contributed by atoms with van der Waals surface area (Å²) >= 11 is 0. The third-order valence-electron chi connectivity index (χ3n) is 8.80. The summed E-state index contributed by atoms with van der Waals surface area (Å²) in [5.41, 5.74) is 6.06. The van der Waals surface area contributed by atoms with Crippen LogP contribution in [0, 0.1) is 0 Å². The minimum absolute atomic E-state index is 0.271. The van der Waals surface area contributed by atoms with Crippen molar-refractivity contribution in [1.82, 2.24) is 14.8 Å². The van der Waals surface area contributed by atoms with E-state index in [1.54, 1.807) is 13.8 Å². The van der Waals surface area contributed by atoms with Gasteiger partial charge in [-0.1, -0.05) is 49.6 Å². The van der Waals surface area contributed by atoms with Crippen LogP contribution in [0.1, 0.15) is 73.4 Å². The van der Waals surface area contributed by atoms with Gasteiger partial charge in [0.1, 0.15) is 17.9 Å². The van der Waals surface area contributed by atoms with Crippen LogP contribution in [0.3, 0.4) is 0 Å². The van der Waals surface area contributed by atoms with Crippen LogP contribution in [0.15, 0.2) is 66.7 Å². The highest BCUT2D eigenvalue weighted by Gasteiger charge is 2.32. The Morgan fingerprint density at radius 2 is 1.72 bits per heavy atom. The van der Waals surface area contributed by atoms with Gasteiger partial charge in [-0.25, -0.2) is 0 Å². The van der Waals surface area contributed by atoms with Crippen LogP contribution in [-0.2, 0) is 17.9 Å². The zero-order valence-electron chi connectivity index (χ0n) is 25.7. The number of anilines is 1. The van der Waals surface area contributed by atoms with Crippen LogP contribution in [0.2, 0.25) is 0 Å². The van der Waals surface area contributed by atoms with Crippen molar-refractivity contribution in [2.24, 2.45) is 0 Å². The minimum Gasteiger partial charge on any atom is -0.491 e. The summed E-state index contributed by atoms with van der Waals surface area (Å²) in [4.78, 5) is 29.0. The Kier molecular flexibility index (Phi) is 8.01. The molecular formula is C36H42N4O3. The number of aromatic nitrogens is 1. The fraction of sp³-hybridized carbons (Fsp3) is 0.389.